The molecule has 0 spiro atoms. The van der Waals surface area contributed by atoms with E-state index < -0.39 is 21.9 Å². The lowest BCUT2D eigenvalue weighted by Crippen LogP contribution is -2.36. The van der Waals surface area contributed by atoms with Gasteiger partial charge in [0.2, 0.25) is 0 Å². The third-order valence-corrected chi connectivity index (χ3v) is 7.79. The molecule has 0 bridgehead atoms. The van der Waals surface area contributed by atoms with Crippen LogP contribution in [0.3, 0.4) is 0 Å². The Morgan fingerprint density at radius 1 is 1.24 bits per heavy atom. The molecule has 4 rings (SSSR count). The molecule has 3 unspecified atom stereocenters. The Bertz CT molecular complexity index is 1250. The molecule has 1 aromatic heterocycles. The Balaban J connectivity index is 1.63. The van der Waals surface area contributed by atoms with Crippen molar-refractivity contribution in [3.8, 4) is 6.07 Å². The van der Waals surface area contributed by atoms with Crippen LogP contribution >= 0.6 is 0 Å². The van der Waals surface area contributed by atoms with E-state index in [-0.39, 0.29) is 33.9 Å². The molecule has 34 heavy (non-hydrogen) atoms. The molecular weight excluding hydrogens is 454 g/mol. The molecule has 178 valence electrons. The summed E-state index contributed by atoms with van der Waals surface area (Å²) in [6, 6.07) is 11.3. The first-order valence-corrected chi connectivity index (χ1v) is 12.9. The van der Waals surface area contributed by atoms with Crippen molar-refractivity contribution in [3.05, 3.63) is 65.1 Å². The minimum absolute atomic E-state index is 0.114. The van der Waals surface area contributed by atoms with E-state index in [1.807, 2.05) is 13.0 Å². The summed E-state index contributed by atoms with van der Waals surface area (Å²) in [6.07, 6.45) is 5.99. The molecule has 0 radical (unpaired) electrons. The second-order valence-electron chi connectivity index (χ2n) is 8.68. The maximum absolute atomic E-state index is 12.9. The lowest BCUT2D eigenvalue weighted by Gasteiger charge is -2.33. The number of nitrogens with one attached hydrogen (secondary N) is 1. The number of nitrogens with zero attached hydrogens (tertiary/aromatic N) is 2. The minimum atomic E-state index is -3.98. The zero-order valence-electron chi connectivity index (χ0n) is 18.9. The Morgan fingerprint density at radius 2 is 2.03 bits per heavy atom. The first kappa shape index (κ1) is 23.8. The summed E-state index contributed by atoms with van der Waals surface area (Å²) in [5.74, 6) is -1.01. The van der Waals surface area contributed by atoms with Crippen LogP contribution in [-0.2, 0) is 19.6 Å². The van der Waals surface area contributed by atoms with Gasteiger partial charge in [0.25, 0.3) is 10.0 Å². The van der Waals surface area contributed by atoms with Gasteiger partial charge < -0.3 is 9.84 Å². The second-order valence-corrected chi connectivity index (χ2v) is 10.3. The van der Waals surface area contributed by atoms with Gasteiger partial charge in [0, 0.05) is 17.8 Å². The van der Waals surface area contributed by atoms with Crippen LogP contribution in [0.1, 0.15) is 62.5 Å². The van der Waals surface area contributed by atoms with E-state index in [2.05, 4.69) is 9.71 Å². The molecule has 2 aliphatic rings. The van der Waals surface area contributed by atoms with Crippen LogP contribution in [-0.4, -0.2) is 30.6 Å². The lowest BCUT2D eigenvalue weighted by molar-refractivity contribution is -0.150. The molecule has 2 N–H and O–H groups in total. The third kappa shape index (κ3) is 4.77. The molecule has 1 saturated carbocycles. The summed E-state index contributed by atoms with van der Waals surface area (Å²) in [5.41, 5.74) is 1.52. The van der Waals surface area contributed by atoms with E-state index >= 15 is 0 Å². The molecule has 9 heteroatoms. The molecule has 1 aliphatic carbocycles. The van der Waals surface area contributed by atoms with Crippen LogP contribution in [0.2, 0.25) is 0 Å². The predicted molar refractivity (Wildman–Crippen MR) is 125 cm³/mol. The fraction of sp³-hybridized carbons (Fsp3) is 0.400. The van der Waals surface area contributed by atoms with Crippen molar-refractivity contribution in [3.63, 3.8) is 0 Å². The summed E-state index contributed by atoms with van der Waals surface area (Å²) >= 11 is 0. The van der Waals surface area contributed by atoms with Crippen molar-refractivity contribution < 1.29 is 23.1 Å². The van der Waals surface area contributed by atoms with E-state index in [1.165, 1.54) is 18.3 Å². The van der Waals surface area contributed by atoms with Gasteiger partial charge in [0.15, 0.2) is 5.03 Å². The van der Waals surface area contributed by atoms with Gasteiger partial charge in [-0.2, -0.15) is 13.7 Å². The van der Waals surface area contributed by atoms with Crippen molar-refractivity contribution in [2.75, 3.05) is 4.72 Å². The first-order chi connectivity index (χ1) is 16.3. The number of aromatic nitrogens is 1. The smallest absolute Gasteiger partial charge is 0.338 e. The average molecular weight is 482 g/mol. The van der Waals surface area contributed by atoms with Crippen LogP contribution in [0, 0.1) is 17.2 Å². The number of ether oxygens (including phenoxy) is 1. The zero-order valence-corrected chi connectivity index (χ0v) is 19.7. The number of hydrogen-bond donors (Lipinski definition) is 2. The first-order valence-electron chi connectivity index (χ1n) is 11.5. The van der Waals surface area contributed by atoms with Crippen LogP contribution in [0.25, 0.3) is 0 Å². The average Bonchev–Trinajstić information content (AvgIpc) is 3.07. The summed E-state index contributed by atoms with van der Waals surface area (Å²) in [6.45, 7) is 1.91. The number of nitriles is 1. The van der Waals surface area contributed by atoms with Crippen LogP contribution in [0.5, 0.6) is 0 Å². The van der Waals surface area contributed by atoms with E-state index in [9.17, 15) is 18.3 Å². The van der Waals surface area contributed by atoms with Crippen LogP contribution in [0.4, 0.5) is 5.69 Å². The molecule has 0 amide bonds. The maximum atomic E-state index is 12.9. The van der Waals surface area contributed by atoms with Gasteiger partial charge in [0.1, 0.15) is 17.9 Å². The quantitative estimate of drug-likeness (QED) is 0.578. The van der Waals surface area contributed by atoms with E-state index in [1.54, 1.807) is 24.3 Å². The molecule has 2 aromatic rings. The number of rotatable bonds is 6. The number of aliphatic hydroxyl groups is 1. The van der Waals surface area contributed by atoms with Gasteiger partial charge in [-0.3, -0.25) is 4.72 Å². The van der Waals surface area contributed by atoms with Gasteiger partial charge in [-0.1, -0.05) is 31.9 Å². The Hall–Kier alpha value is -3.38. The molecule has 1 aliphatic heterocycles. The van der Waals surface area contributed by atoms with E-state index in [4.69, 9.17) is 10.00 Å². The number of carbonyl (C=O) groups excluding carboxylic acids is 1. The number of fused-ring (bicyclic) bond motifs is 1. The molecule has 1 aromatic carbocycles. The Morgan fingerprint density at radius 3 is 2.74 bits per heavy atom. The molecule has 2 heterocycles. The van der Waals surface area contributed by atoms with Crippen molar-refractivity contribution in [1.29, 1.82) is 5.26 Å². The SMILES string of the molecule is CCC(C1=C(O)C2CCCCCC2OC1=O)c1cccc(NS(=O)(=O)c2ccc(C#N)cn2)c1. The summed E-state index contributed by atoms with van der Waals surface area (Å²) < 4.78 is 33.8. The van der Waals surface area contributed by atoms with Crippen molar-refractivity contribution in [1.82, 2.24) is 4.98 Å². The lowest BCUT2D eigenvalue weighted by atomic mass is 9.81. The highest BCUT2D eigenvalue weighted by molar-refractivity contribution is 7.92. The molecule has 8 nitrogen and oxygen atoms in total. The van der Waals surface area contributed by atoms with Crippen molar-refractivity contribution >= 4 is 21.7 Å². The zero-order chi connectivity index (χ0) is 24.3. The third-order valence-electron chi connectivity index (χ3n) is 6.50. The van der Waals surface area contributed by atoms with E-state index in [0.717, 1.165) is 32.1 Å². The number of anilines is 1. The largest absolute Gasteiger partial charge is 0.511 e. The fourth-order valence-corrected chi connectivity index (χ4v) is 5.77. The fourth-order valence-electron chi connectivity index (χ4n) is 4.79. The number of sulfonamides is 1. The second kappa shape index (κ2) is 9.85. The standard InChI is InChI=1S/C25H27N3O5S/c1-2-19(23-24(29)20-9-4-3-5-10-21(20)33-25(23)30)17-7-6-8-18(13-17)28-34(31,32)22-12-11-16(14-26)15-27-22/h6-8,11-13,15,19-21,28-29H,2-5,9-10H2,1H3. The topological polar surface area (TPSA) is 129 Å². The molecule has 3 atom stereocenters. The maximum Gasteiger partial charge on any atom is 0.338 e. The van der Waals surface area contributed by atoms with Gasteiger partial charge in [-0.05, 0) is 55.5 Å². The van der Waals surface area contributed by atoms with Crippen molar-refractivity contribution in [2.45, 2.75) is 62.5 Å². The van der Waals surface area contributed by atoms with Gasteiger partial charge in [-0.15, -0.1) is 0 Å². The Labute approximate surface area is 199 Å². The highest BCUT2D eigenvalue weighted by Gasteiger charge is 2.41. The van der Waals surface area contributed by atoms with Crippen molar-refractivity contribution in [2.24, 2.45) is 5.92 Å². The number of carbonyl (C=O) groups is 1. The highest BCUT2D eigenvalue weighted by Crippen LogP contribution is 2.41. The number of aliphatic hydroxyl groups excluding tert-OH is 1. The van der Waals surface area contributed by atoms with Crippen LogP contribution in [0.15, 0.2) is 59.0 Å². The van der Waals surface area contributed by atoms with E-state index in [0.29, 0.717) is 17.7 Å². The number of esters is 1. The summed E-state index contributed by atoms with van der Waals surface area (Å²) in [5, 5.41) is 19.8. The van der Waals surface area contributed by atoms with Gasteiger partial charge in [0.05, 0.1) is 17.1 Å². The molecule has 0 saturated heterocycles. The monoisotopic (exact) mass is 481 g/mol. The predicted octanol–water partition coefficient (Wildman–Crippen LogP) is 4.57. The molecule has 1 fully saturated rings. The minimum Gasteiger partial charge on any atom is -0.511 e. The summed E-state index contributed by atoms with van der Waals surface area (Å²) in [7, 11) is -3.98. The number of pyridine rings is 1. The van der Waals surface area contributed by atoms with Gasteiger partial charge in [-0.25, -0.2) is 9.78 Å². The Kier molecular flexibility index (Phi) is 6.89. The van der Waals surface area contributed by atoms with Crippen LogP contribution < -0.4 is 4.72 Å². The number of hydrogen-bond acceptors (Lipinski definition) is 7. The van der Waals surface area contributed by atoms with Gasteiger partial charge >= 0.3 is 5.97 Å². The normalized spacial score (nSPS) is 21.6. The highest BCUT2D eigenvalue weighted by atomic mass is 32.2. The summed E-state index contributed by atoms with van der Waals surface area (Å²) in [4.78, 5) is 16.8. The number of benzene rings is 1. The molecular formula is C25H27N3O5S.